The van der Waals surface area contributed by atoms with Crippen LogP contribution in [0.3, 0.4) is 0 Å². The first-order valence-electron chi connectivity index (χ1n) is 4.78. The second-order valence-electron chi connectivity index (χ2n) is 3.15. The summed E-state index contributed by atoms with van der Waals surface area (Å²) < 4.78 is 4.62. The zero-order valence-electron chi connectivity index (χ0n) is 8.90. The molecule has 16 heavy (non-hydrogen) atoms. The minimum atomic E-state index is -0.543. The summed E-state index contributed by atoms with van der Waals surface area (Å²) in [5, 5.41) is 8.89. The maximum Gasteiger partial charge on any atom is 0.339 e. The summed E-state index contributed by atoms with van der Waals surface area (Å²) in [6.07, 6.45) is 1.53. The van der Waals surface area contributed by atoms with Crippen LogP contribution in [0.5, 0.6) is 0 Å². The van der Waals surface area contributed by atoms with E-state index in [1.807, 2.05) is 6.07 Å². The zero-order chi connectivity index (χ0) is 12.0. The number of hydrogen-bond donors (Lipinski definition) is 0. The number of aryl methyl sites for hydroxylation is 1. The number of methoxy groups -OCH3 is 1. The average Bonchev–Trinajstić information content (AvgIpc) is 2.34. The minimum Gasteiger partial charge on any atom is -0.465 e. The first kappa shape index (κ1) is 11.9. The molecule has 0 atom stereocenters. The molecule has 0 fully saturated rings. The van der Waals surface area contributed by atoms with E-state index in [9.17, 15) is 9.59 Å². The van der Waals surface area contributed by atoms with E-state index in [0.717, 1.165) is 6.29 Å². The van der Waals surface area contributed by atoms with Crippen molar-refractivity contribution in [2.75, 3.05) is 7.11 Å². The van der Waals surface area contributed by atoms with Crippen LogP contribution in [-0.2, 0) is 16.0 Å². The predicted molar refractivity (Wildman–Crippen MR) is 56.9 cm³/mol. The lowest BCUT2D eigenvalue weighted by atomic mass is 9.98. The third kappa shape index (κ3) is 2.45. The molecule has 0 spiro atoms. The fourth-order valence-electron chi connectivity index (χ4n) is 1.46. The van der Waals surface area contributed by atoms with Gasteiger partial charge in [0, 0.05) is 6.42 Å². The van der Waals surface area contributed by atoms with E-state index in [1.165, 1.54) is 7.11 Å². The summed E-state index contributed by atoms with van der Waals surface area (Å²) in [7, 11) is 1.26. The van der Waals surface area contributed by atoms with Crippen LogP contribution in [0, 0.1) is 11.3 Å². The first-order chi connectivity index (χ1) is 7.74. The first-order valence-corrected chi connectivity index (χ1v) is 4.78. The molecule has 0 saturated heterocycles. The maximum atomic E-state index is 11.5. The Morgan fingerprint density at radius 2 is 2.31 bits per heavy atom. The molecular weight excluding hydrogens is 206 g/mol. The lowest BCUT2D eigenvalue weighted by Crippen LogP contribution is -2.08. The van der Waals surface area contributed by atoms with Crippen molar-refractivity contribution in [2.45, 2.75) is 12.8 Å². The minimum absolute atomic E-state index is 0.259. The van der Waals surface area contributed by atoms with Gasteiger partial charge in [-0.2, -0.15) is 5.26 Å². The Labute approximate surface area is 93.5 Å². The standard InChI is InChI=1S/C12H11NO3/c1-16-12(15)11-9(6-3-7-14)4-2-5-10(11)8-13/h2,4-5,7H,3,6H2,1H3. The Bertz CT molecular complexity index is 446. The van der Waals surface area contributed by atoms with Gasteiger partial charge in [-0.05, 0) is 18.1 Å². The molecule has 82 valence electrons. The van der Waals surface area contributed by atoms with Gasteiger partial charge in [-0.1, -0.05) is 12.1 Å². The fourth-order valence-corrected chi connectivity index (χ4v) is 1.46. The van der Waals surface area contributed by atoms with Crippen LogP contribution in [0.25, 0.3) is 0 Å². The number of ether oxygens (including phenoxy) is 1. The Balaban J connectivity index is 3.21. The lowest BCUT2D eigenvalue weighted by molar-refractivity contribution is -0.107. The number of nitrogens with zero attached hydrogens (tertiary/aromatic N) is 1. The van der Waals surface area contributed by atoms with Crippen molar-refractivity contribution in [3.63, 3.8) is 0 Å². The Hall–Kier alpha value is -2.15. The lowest BCUT2D eigenvalue weighted by Gasteiger charge is -2.07. The molecule has 1 aromatic carbocycles. The normalized spacial score (nSPS) is 9.25. The number of aldehydes is 1. The summed E-state index contributed by atoms with van der Waals surface area (Å²) >= 11 is 0. The van der Waals surface area contributed by atoms with Crippen LogP contribution >= 0.6 is 0 Å². The van der Waals surface area contributed by atoms with Crippen LogP contribution in [0.1, 0.15) is 27.9 Å². The van der Waals surface area contributed by atoms with E-state index in [1.54, 1.807) is 18.2 Å². The molecule has 0 aliphatic rings. The summed E-state index contributed by atoms with van der Waals surface area (Å²) in [6, 6.07) is 6.90. The molecule has 4 nitrogen and oxygen atoms in total. The maximum absolute atomic E-state index is 11.5. The van der Waals surface area contributed by atoms with Gasteiger partial charge < -0.3 is 9.53 Å². The summed E-state index contributed by atoms with van der Waals surface area (Å²) in [5.74, 6) is -0.543. The smallest absolute Gasteiger partial charge is 0.339 e. The molecule has 1 rings (SSSR count). The van der Waals surface area contributed by atoms with E-state index in [2.05, 4.69) is 4.74 Å². The van der Waals surface area contributed by atoms with E-state index in [-0.39, 0.29) is 11.1 Å². The van der Waals surface area contributed by atoms with E-state index >= 15 is 0 Å². The molecule has 0 aliphatic heterocycles. The van der Waals surface area contributed by atoms with Crippen LogP contribution in [-0.4, -0.2) is 19.4 Å². The molecule has 0 radical (unpaired) electrons. The van der Waals surface area contributed by atoms with Crippen molar-refractivity contribution in [2.24, 2.45) is 0 Å². The van der Waals surface area contributed by atoms with Crippen LogP contribution in [0.15, 0.2) is 18.2 Å². The fraction of sp³-hybridized carbons (Fsp3) is 0.250. The summed E-state index contributed by atoms with van der Waals surface area (Å²) in [5.41, 5.74) is 1.20. The van der Waals surface area contributed by atoms with Gasteiger partial charge >= 0.3 is 5.97 Å². The highest BCUT2D eigenvalue weighted by molar-refractivity contribution is 5.93. The highest BCUT2D eigenvalue weighted by atomic mass is 16.5. The van der Waals surface area contributed by atoms with Gasteiger partial charge in [0.1, 0.15) is 12.4 Å². The van der Waals surface area contributed by atoms with Gasteiger partial charge in [-0.3, -0.25) is 0 Å². The number of esters is 1. The second kappa shape index (κ2) is 5.66. The summed E-state index contributed by atoms with van der Waals surface area (Å²) in [6.45, 7) is 0. The van der Waals surface area contributed by atoms with Crippen molar-refractivity contribution in [1.29, 1.82) is 5.26 Å². The molecule has 0 bridgehead atoms. The quantitative estimate of drug-likeness (QED) is 0.565. The molecule has 0 aliphatic carbocycles. The molecule has 0 aromatic heterocycles. The molecule has 0 saturated carbocycles. The Kier molecular flexibility index (Phi) is 4.22. The number of rotatable bonds is 4. The third-order valence-corrected chi connectivity index (χ3v) is 2.19. The van der Waals surface area contributed by atoms with Gasteiger partial charge in [0.05, 0.1) is 18.2 Å². The monoisotopic (exact) mass is 217 g/mol. The number of hydrogen-bond acceptors (Lipinski definition) is 4. The molecule has 0 amide bonds. The van der Waals surface area contributed by atoms with Gasteiger partial charge in [0.2, 0.25) is 0 Å². The topological polar surface area (TPSA) is 67.2 Å². The number of carbonyl (C=O) groups excluding carboxylic acids is 2. The van der Waals surface area contributed by atoms with Crippen LogP contribution in [0.2, 0.25) is 0 Å². The molecule has 0 unspecified atom stereocenters. The zero-order valence-corrected chi connectivity index (χ0v) is 8.90. The van der Waals surface area contributed by atoms with Crippen molar-refractivity contribution >= 4 is 12.3 Å². The SMILES string of the molecule is COC(=O)c1c(C#N)cccc1CCC=O. The van der Waals surface area contributed by atoms with Crippen molar-refractivity contribution < 1.29 is 14.3 Å². The number of benzene rings is 1. The van der Waals surface area contributed by atoms with E-state index in [4.69, 9.17) is 5.26 Å². The summed E-state index contributed by atoms with van der Waals surface area (Å²) in [4.78, 5) is 21.8. The number of nitriles is 1. The van der Waals surface area contributed by atoms with Gasteiger partial charge in [-0.15, -0.1) is 0 Å². The highest BCUT2D eigenvalue weighted by Gasteiger charge is 2.16. The van der Waals surface area contributed by atoms with Crippen LogP contribution in [0.4, 0.5) is 0 Å². The van der Waals surface area contributed by atoms with Gasteiger partial charge in [-0.25, -0.2) is 4.79 Å². The predicted octanol–water partition coefficient (Wildman–Crippen LogP) is 1.48. The van der Waals surface area contributed by atoms with Crippen molar-refractivity contribution in [3.8, 4) is 6.07 Å². The molecule has 4 heteroatoms. The van der Waals surface area contributed by atoms with Gasteiger partial charge in [0.15, 0.2) is 0 Å². The second-order valence-corrected chi connectivity index (χ2v) is 3.15. The molecular formula is C12H11NO3. The largest absolute Gasteiger partial charge is 0.465 e. The number of carbonyl (C=O) groups is 2. The molecule has 0 heterocycles. The molecule has 0 N–H and O–H groups in total. The third-order valence-electron chi connectivity index (χ3n) is 2.19. The van der Waals surface area contributed by atoms with E-state index in [0.29, 0.717) is 18.4 Å². The van der Waals surface area contributed by atoms with Crippen molar-refractivity contribution in [3.05, 3.63) is 34.9 Å². The Morgan fingerprint density at radius 1 is 1.56 bits per heavy atom. The van der Waals surface area contributed by atoms with Crippen LogP contribution < -0.4 is 0 Å². The Morgan fingerprint density at radius 3 is 2.88 bits per heavy atom. The van der Waals surface area contributed by atoms with Gasteiger partial charge in [0.25, 0.3) is 0 Å². The highest BCUT2D eigenvalue weighted by Crippen LogP contribution is 2.16. The molecule has 1 aromatic rings. The van der Waals surface area contributed by atoms with E-state index < -0.39 is 5.97 Å². The van der Waals surface area contributed by atoms with Crippen molar-refractivity contribution in [1.82, 2.24) is 0 Å². The average molecular weight is 217 g/mol.